The van der Waals surface area contributed by atoms with Gasteiger partial charge in [-0.05, 0) is 0 Å². The van der Waals surface area contributed by atoms with Crippen molar-refractivity contribution >= 4 is 29.3 Å². The fourth-order valence-electron chi connectivity index (χ4n) is 0. The third kappa shape index (κ3) is 178. The summed E-state index contributed by atoms with van der Waals surface area (Å²) in [5.74, 6) is 0. The Balaban J connectivity index is -0.0000000800. The summed E-state index contributed by atoms with van der Waals surface area (Å²) in [4.78, 5) is 0. The topological polar surface area (TPSA) is 80.3 Å². The normalized spacial score (nSPS) is 8.29. The van der Waals surface area contributed by atoms with Crippen LogP contribution >= 0.6 is 0 Å². The van der Waals surface area contributed by atoms with E-state index >= 15 is 0 Å². The fourth-order valence-corrected chi connectivity index (χ4v) is 0. The Morgan fingerprint density at radius 2 is 1.14 bits per heavy atom. The van der Waals surface area contributed by atoms with Gasteiger partial charge in [-0.25, -0.2) is 0 Å². The maximum absolute atomic E-state index is 8.52. The third-order valence-electron chi connectivity index (χ3n) is 0. The van der Waals surface area contributed by atoms with Crippen LogP contribution in [0.15, 0.2) is 0 Å². The van der Waals surface area contributed by atoms with Crippen molar-refractivity contribution in [3.63, 3.8) is 0 Å². The van der Waals surface area contributed by atoms with Crippen LogP contribution < -0.4 is 0 Å². The second-order valence-electron chi connectivity index (χ2n) is 0.408. The Labute approximate surface area is 63.9 Å². The first-order valence-corrected chi connectivity index (χ1v) is 2.00. The van der Waals surface area contributed by atoms with Gasteiger partial charge in [0.05, 0.1) is 0 Å². The third-order valence-corrected chi connectivity index (χ3v) is 0. The summed E-state index contributed by atoms with van der Waals surface area (Å²) in [5, 5.41) is 0. The predicted octanol–water partition coefficient (Wildman–Crippen LogP) is -1.99. The molecule has 43 valence electrons. The zero-order valence-corrected chi connectivity index (χ0v) is 4.10. The summed E-state index contributed by atoms with van der Waals surface area (Å²) in [6.07, 6.45) is 0. The van der Waals surface area contributed by atoms with Gasteiger partial charge in [-0.15, -0.1) is 0 Å². The van der Waals surface area contributed by atoms with Crippen LogP contribution in [0.4, 0.5) is 0 Å². The number of hydrogen-bond donors (Lipinski definition) is 0. The summed E-state index contributed by atoms with van der Waals surface area (Å²) in [6, 6.07) is 0. The van der Waals surface area contributed by atoms with Crippen molar-refractivity contribution < 1.29 is 34.6 Å². The first-order chi connectivity index (χ1) is 2.00. The molecular weight excluding hydrogens is 167 g/mol. The maximum atomic E-state index is 8.52. The molecule has 0 aliphatic heterocycles. The molecule has 0 aliphatic rings. The molecule has 0 aromatic rings. The monoisotopic (exact) mass is 167 g/mol. The minimum atomic E-state index is -5.17. The summed E-state index contributed by atoms with van der Waals surface area (Å²) in [5.41, 5.74) is 0. The van der Waals surface area contributed by atoms with Crippen LogP contribution in [0.3, 0.4) is 0 Å². The molecule has 0 amide bonds. The Hall–Kier alpha value is 0.987. The van der Waals surface area contributed by atoms with Gasteiger partial charge in [0.1, 0.15) is 0 Å². The first-order valence-electron chi connectivity index (χ1n) is 0.667. The van der Waals surface area contributed by atoms with E-state index in [0.29, 0.717) is 0 Å². The molecule has 0 N–H and O–H groups in total. The molecule has 0 atom stereocenters. The van der Waals surface area contributed by atoms with Crippen LogP contribution in [0, 0.1) is 0 Å². The van der Waals surface area contributed by atoms with Gasteiger partial charge in [-0.2, -0.15) is 0 Å². The SMILES string of the molecule is O=S(=O)([O-])[O-].[Cu+2].[LiH]. The molecule has 4 nitrogen and oxygen atoms in total. The van der Waals surface area contributed by atoms with E-state index in [4.69, 9.17) is 17.5 Å². The van der Waals surface area contributed by atoms with Gasteiger partial charge in [0.15, 0.2) is 0 Å². The number of rotatable bonds is 0. The molecule has 0 spiro atoms. The van der Waals surface area contributed by atoms with E-state index in [1.54, 1.807) is 0 Å². The zero-order chi connectivity index (χ0) is 4.50. The molecule has 0 rings (SSSR count). The van der Waals surface area contributed by atoms with Gasteiger partial charge >= 0.3 is 35.9 Å². The fraction of sp³-hybridized carbons (Fsp3) is 0. The van der Waals surface area contributed by atoms with Crippen molar-refractivity contribution in [1.29, 1.82) is 0 Å². The molecule has 0 saturated heterocycles. The van der Waals surface area contributed by atoms with Crippen molar-refractivity contribution in [2.75, 3.05) is 0 Å². The van der Waals surface area contributed by atoms with Crippen LogP contribution in [-0.2, 0) is 27.5 Å². The molecule has 0 bridgehead atoms. The van der Waals surface area contributed by atoms with E-state index in [-0.39, 0.29) is 35.9 Å². The van der Waals surface area contributed by atoms with Gasteiger partial charge in [-0.1, -0.05) is 0 Å². The quantitative estimate of drug-likeness (QED) is 0.238. The molecule has 0 aliphatic carbocycles. The van der Waals surface area contributed by atoms with E-state index in [1.165, 1.54) is 0 Å². The summed E-state index contributed by atoms with van der Waals surface area (Å²) >= 11 is 0. The molecule has 0 aromatic heterocycles. The molecule has 7 heavy (non-hydrogen) atoms. The van der Waals surface area contributed by atoms with Crippen molar-refractivity contribution in [3.8, 4) is 0 Å². The van der Waals surface area contributed by atoms with Gasteiger partial charge in [0.2, 0.25) is 0 Å². The standard InChI is InChI=1S/Cu.Li.H2O4S.H/c;;1-5(2,3)4;/h;;(H2,1,2,3,4);/q+2;;;/p-2. The van der Waals surface area contributed by atoms with Crippen molar-refractivity contribution in [2.24, 2.45) is 0 Å². The van der Waals surface area contributed by atoms with E-state index in [2.05, 4.69) is 0 Å². The molecule has 0 heterocycles. The van der Waals surface area contributed by atoms with E-state index in [9.17, 15) is 0 Å². The average molecular weight is 168 g/mol. The predicted molar refractivity (Wildman–Crippen MR) is 17.6 cm³/mol. The molecule has 0 aromatic carbocycles. The average Bonchev–Trinajstić information content (AvgIpc) is 0.722. The molecule has 0 fully saturated rings. The van der Waals surface area contributed by atoms with Gasteiger partial charge in [0, 0.05) is 10.4 Å². The van der Waals surface area contributed by atoms with E-state index in [1.807, 2.05) is 0 Å². The summed E-state index contributed by atoms with van der Waals surface area (Å²) < 4.78 is 34.1. The molecule has 1 radical (unpaired) electrons. The van der Waals surface area contributed by atoms with Crippen LogP contribution in [0.25, 0.3) is 0 Å². The Morgan fingerprint density at radius 3 is 1.14 bits per heavy atom. The van der Waals surface area contributed by atoms with Crippen LogP contribution in [0.1, 0.15) is 0 Å². The Morgan fingerprint density at radius 1 is 1.14 bits per heavy atom. The van der Waals surface area contributed by atoms with Crippen LogP contribution in [0.5, 0.6) is 0 Å². The first kappa shape index (κ1) is 15.7. The van der Waals surface area contributed by atoms with Gasteiger partial charge in [-0.3, -0.25) is 8.42 Å². The summed E-state index contributed by atoms with van der Waals surface area (Å²) in [6.45, 7) is 0. The molecule has 7 heteroatoms. The molecule has 0 unspecified atom stereocenters. The van der Waals surface area contributed by atoms with E-state index < -0.39 is 10.4 Å². The van der Waals surface area contributed by atoms with Gasteiger partial charge in [0.25, 0.3) is 0 Å². The Kier molecular flexibility index (Phi) is 11.5. The van der Waals surface area contributed by atoms with Crippen molar-refractivity contribution in [2.45, 2.75) is 0 Å². The second kappa shape index (κ2) is 5.13. The minimum absolute atomic E-state index is 0. The Bertz CT molecular complexity index is 94.9. The van der Waals surface area contributed by atoms with Crippen LogP contribution in [0.2, 0.25) is 0 Å². The second-order valence-corrected chi connectivity index (χ2v) is 1.22. The van der Waals surface area contributed by atoms with Crippen molar-refractivity contribution in [1.82, 2.24) is 0 Å². The zero-order valence-electron chi connectivity index (χ0n) is 2.34. The van der Waals surface area contributed by atoms with Gasteiger partial charge < -0.3 is 9.11 Å². The summed E-state index contributed by atoms with van der Waals surface area (Å²) in [7, 11) is -5.17. The molecular formula is HCuLiO4S. The van der Waals surface area contributed by atoms with E-state index in [0.717, 1.165) is 0 Å². The van der Waals surface area contributed by atoms with Crippen molar-refractivity contribution in [3.05, 3.63) is 0 Å². The number of hydrogen-bond acceptors (Lipinski definition) is 4. The van der Waals surface area contributed by atoms with Crippen LogP contribution in [-0.4, -0.2) is 36.4 Å². The molecule has 0 saturated carbocycles.